The first-order valence-corrected chi connectivity index (χ1v) is 6.21. The van der Waals surface area contributed by atoms with Gasteiger partial charge in [-0.05, 0) is 37.9 Å². The van der Waals surface area contributed by atoms with Crippen molar-refractivity contribution >= 4 is 5.78 Å². The lowest BCUT2D eigenvalue weighted by molar-refractivity contribution is -0.124. The van der Waals surface area contributed by atoms with Crippen LogP contribution in [0.1, 0.15) is 26.2 Å². The monoisotopic (exact) mass is 223 g/mol. The summed E-state index contributed by atoms with van der Waals surface area (Å²) in [5, 5.41) is 3.37. The topological polar surface area (TPSA) is 38.3 Å². The van der Waals surface area contributed by atoms with Gasteiger partial charge in [0.1, 0.15) is 5.78 Å². The Morgan fingerprint density at radius 2 is 2.06 bits per heavy atom. The van der Waals surface area contributed by atoms with Gasteiger partial charge in [0.05, 0.1) is 12.9 Å². The molecule has 1 saturated heterocycles. The summed E-state index contributed by atoms with van der Waals surface area (Å²) in [4.78, 5) is 11.8. The summed E-state index contributed by atoms with van der Waals surface area (Å²) in [5.74, 6) is 2.45. The number of hydrogen-bond acceptors (Lipinski definition) is 3. The molecule has 1 aliphatic heterocycles. The van der Waals surface area contributed by atoms with Crippen molar-refractivity contribution in [3.63, 3.8) is 0 Å². The highest BCUT2D eigenvalue weighted by molar-refractivity contribution is 5.84. The van der Waals surface area contributed by atoms with Gasteiger partial charge in [-0.1, -0.05) is 6.92 Å². The number of carbonyl (C=O) groups is 1. The molecular formula is C13H21NO2. The zero-order valence-electron chi connectivity index (χ0n) is 10.2. The Balaban J connectivity index is 2.16. The molecule has 0 amide bonds. The SMILES string of the molecule is COC1=CCC(=O)C(C)C1C1CCNCC1. The maximum Gasteiger partial charge on any atom is 0.140 e. The second-order valence-electron chi connectivity index (χ2n) is 4.88. The third-order valence-electron chi connectivity index (χ3n) is 4.01. The zero-order chi connectivity index (χ0) is 11.5. The van der Waals surface area contributed by atoms with Gasteiger partial charge in [-0.15, -0.1) is 0 Å². The molecule has 1 aliphatic carbocycles. The molecule has 3 heteroatoms. The van der Waals surface area contributed by atoms with Gasteiger partial charge < -0.3 is 10.1 Å². The fraction of sp³-hybridized carbons (Fsp3) is 0.769. The van der Waals surface area contributed by atoms with Crippen LogP contribution in [0.15, 0.2) is 11.8 Å². The molecule has 2 atom stereocenters. The van der Waals surface area contributed by atoms with Crippen molar-refractivity contribution in [1.82, 2.24) is 5.32 Å². The van der Waals surface area contributed by atoms with E-state index >= 15 is 0 Å². The van der Waals surface area contributed by atoms with Crippen LogP contribution in [0, 0.1) is 17.8 Å². The first-order chi connectivity index (χ1) is 7.74. The van der Waals surface area contributed by atoms with Crippen molar-refractivity contribution in [2.75, 3.05) is 20.2 Å². The summed E-state index contributed by atoms with van der Waals surface area (Å²) in [6, 6.07) is 0. The molecule has 1 heterocycles. The van der Waals surface area contributed by atoms with Crippen LogP contribution in [0.3, 0.4) is 0 Å². The maximum atomic E-state index is 11.8. The van der Waals surface area contributed by atoms with Gasteiger partial charge >= 0.3 is 0 Å². The molecule has 0 saturated carbocycles. The molecule has 0 aromatic carbocycles. The molecule has 0 spiro atoms. The Kier molecular flexibility index (Phi) is 3.64. The van der Waals surface area contributed by atoms with Gasteiger partial charge in [0.15, 0.2) is 0 Å². The molecule has 16 heavy (non-hydrogen) atoms. The first kappa shape index (κ1) is 11.6. The summed E-state index contributed by atoms with van der Waals surface area (Å²) < 4.78 is 5.46. The standard InChI is InChI=1S/C13H21NO2/c1-9-11(15)3-4-12(16-2)13(9)10-5-7-14-8-6-10/h4,9-10,13-14H,3,5-8H2,1-2H3. The van der Waals surface area contributed by atoms with Gasteiger partial charge in [-0.3, -0.25) is 4.79 Å². The fourth-order valence-electron chi connectivity index (χ4n) is 3.03. The Hall–Kier alpha value is -0.830. The van der Waals surface area contributed by atoms with Crippen molar-refractivity contribution < 1.29 is 9.53 Å². The van der Waals surface area contributed by atoms with Crippen molar-refractivity contribution in [3.8, 4) is 0 Å². The first-order valence-electron chi connectivity index (χ1n) is 6.21. The largest absolute Gasteiger partial charge is 0.501 e. The third kappa shape index (κ3) is 2.14. The number of piperidine rings is 1. The molecule has 0 radical (unpaired) electrons. The van der Waals surface area contributed by atoms with Crippen LogP contribution in [-0.2, 0) is 9.53 Å². The van der Waals surface area contributed by atoms with Gasteiger partial charge in [-0.25, -0.2) is 0 Å². The maximum absolute atomic E-state index is 11.8. The van der Waals surface area contributed by atoms with E-state index in [4.69, 9.17) is 4.74 Å². The molecule has 2 unspecified atom stereocenters. The molecule has 1 fully saturated rings. The molecule has 0 aromatic rings. The van der Waals surface area contributed by atoms with E-state index < -0.39 is 0 Å². The van der Waals surface area contributed by atoms with Crippen LogP contribution in [0.4, 0.5) is 0 Å². The van der Waals surface area contributed by atoms with Crippen molar-refractivity contribution in [3.05, 3.63) is 11.8 Å². The lowest BCUT2D eigenvalue weighted by atomic mass is 9.72. The summed E-state index contributed by atoms with van der Waals surface area (Å²) in [6.45, 7) is 4.19. The molecule has 2 aliphatic rings. The van der Waals surface area contributed by atoms with Crippen LogP contribution in [0.5, 0.6) is 0 Å². The van der Waals surface area contributed by atoms with Gasteiger partial charge in [0, 0.05) is 18.3 Å². The fourth-order valence-corrected chi connectivity index (χ4v) is 3.03. The number of rotatable bonds is 2. The number of nitrogens with one attached hydrogen (secondary N) is 1. The summed E-state index contributed by atoms with van der Waals surface area (Å²) in [6.07, 6.45) is 4.84. The molecule has 1 N–H and O–H groups in total. The van der Waals surface area contributed by atoms with Crippen LogP contribution in [0.25, 0.3) is 0 Å². The van der Waals surface area contributed by atoms with Crippen LogP contribution >= 0.6 is 0 Å². The molecule has 0 bridgehead atoms. The number of allylic oxidation sites excluding steroid dienone is 2. The minimum Gasteiger partial charge on any atom is -0.501 e. The van der Waals surface area contributed by atoms with Crippen LogP contribution in [-0.4, -0.2) is 26.0 Å². The smallest absolute Gasteiger partial charge is 0.140 e. The van der Waals surface area contributed by atoms with E-state index in [2.05, 4.69) is 12.2 Å². The van der Waals surface area contributed by atoms with Gasteiger partial charge in [-0.2, -0.15) is 0 Å². The van der Waals surface area contributed by atoms with E-state index in [0.717, 1.165) is 31.7 Å². The molecule has 90 valence electrons. The summed E-state index contributed by atoms with van der Waals surface area (Å²) in [7, 11) is 1.72. The normalized spacial score (nSPS) is 32.4. The van der Waals surface area contributed by atoms with Gasteiger partial charge in [0.25, 0.3) is 0 Å². The van der Waals surface area contributed by atoms with Crippen molar-refractivity contribution in [2.45, 2.75) is 26.2 Å². The quantitative estimate of drug-likeness (QED) is 0.775. The van der Waals surface area contributed by atoms with Crippen molar-refractivity contribution in [2.24, 2.45) is 17.8 Å². The van der Waals surface area contributed by atoms with E-state index in [1.54, 1.807) is 7.11 Å². The number of ketones is 1. The highest BCUT2D eigenvalue weighted by Crippen LogP contribution is 2.38. The Morgan fingerprint density at radius 1 is 1.38 bits per heavy atom. The highest BCUT2D eigenvalue weighted by atomic mass is 16.5. The molecule has 0 aromatic heterocycles. The second kappa shape index (κ2) is 5.00. The van der Waals surface area contributed by atoms with Crippen molar-refractivity contribution in [1.29, 1.82) is 0 Å². The molecule has 2 rings (SSSR count). The number of ether oxygens (including phenoxy) is 1. The third-order valence-corrected chi connectivity index (χ3v) is 4.01. The predicted molar refractivity (Wildman–Crippen MR) is 63.0 cm³/mol. The number of methoxy groups -OCH3 is 1. The summed E-state index contributed by atoms with van der Waals surface area (Å²) >= 11 is 0. The van der Waals surface area contributed by atoms with Crippen LogP contribution in [0.2, 0.25) is 0 Å². The lowest BCUT2D eigenvalue weighted by Gasteiger charge is -2.36. The summed E-state index contributed by atoms with van der Waals surface area (Å²) in [5.41, 5.74) is 0. The minimum atomic E-state index is 0.128. The average molecular weight is 223 g/mol. The Morgan fingerprint density at radius 3 is 2.69 bits per heavy atom. The van der Waals surface area contributed by atoms with Gasteiger partial charge in [0.2, 0.25) is 0 Å². The second-order valence-corrected chi connectivity index (χ2v) is 4.88. The predicted octanol–water partition coefficient (Wildman–Crippen LogP) is 1.74. The number of carbonyl (C=O) groups excluding carboxylic acids is 1. The Bertz CT molecular complexity index is 292. The molecular weight excluding hydrogens is 202 g/mol. The lowest BCUT2D eigenvalue weighted by Crippen LogP contribution is -2.38. The Labute approximate surface area is 97.2 Å². The highest BCUT2D eigenvalue weighted by Gasteiger charge is 2.37. The number of hydrogen-bond donors (Lipinski definition) is 1. The average Bonchev–Trinajstić information content (AvgIpc) is 2.33. The van der Waals surface area contributed by atoms with Crippen LogP contribution < -0.4 is 5.32 Å². The van der Waals surface area contributed by atoms with E-state index in [0.29, 0.717) is 24.0 Å². The minimum absolute atomic E-state index is 0.128. The number of Topliss-reactive ketones (excluding diaryl/α,β-unsaturated/α-hetero) is 1. The molecule has 3 nitrogen and oxygen atoms in total. The van der Waals surface area contributed by atoms with E-state index in [-0.39, 0.29) is 5.92 Å². The van der Waals surface area contributed by atoms with E-state index in [9.17, 15) is 4.79 Å². The zero-order valence-corrected chi connectivity index (χ0v) is 10.2. The van der Waals surface area contributed by atoms with E-state index in [1.807, 2.05) is 6.08 Å². The van der Waals surface area contributed by atoms with E-state index in [1.165, 1.54) is 0 Å².